The van der Waals surface area contributed by atoms with Gasteiger partial charge in [0.1, 0.15) is 0 Å². The molecule has 6 heteroatoms. The van der Waals surface area contributed by atoms with E-state index in [0.717, 1.165) is 38.5 Å². The van der Waals surface area contributed by atoms with Gasteiger partial charge < -0.3 is 20.3 Å². The first kappa shape index (κ1) is 81.6. The predicted molar refractivity (Wildman–Crippen MR) is 366 cm³/mol. The molecule has 0 aromatic rings. The molecule has 6 nitrogen and oxygen atoms in total. The van der Waals surface area contributed by atoms with Gasteiger partial charge in [-0.1, -0.05) is 411 Å². The number of hydrogen-bond donors (Lipinski definition) is 3. The summed E-state index contributed by atoms with van der Waals surface area (Å²) in [5, 5.41) is 23.2. The van der Waals surface area contributed by atoms with Crippen LogP contribution in [0.25, 0.3) is 0 Å². The van der Waals surface area contributed by atoms with Crippen molar-refractivity contribution >= 4 is 11.9 Å². The van der Waals surface area contributed by atoms with E-state index < -0.39 is 12.1 Å². The fraction of sp³-hybridized carbons (Fsp3) is 0.948. The molecule has 83 heavy (non-hydrogen) atoms. The number of carbonyl (C=O) groups excluding carboxylic acids is 2. The van der Waals surface area contributed by atoms with E-state index in [2.05, 4.69) is 19.2 Å². The van der Waals surface area contributed by atoms with Gasteiger partial charge in [0.25, 0.3) is 0 Å². The SMILES string of the molecule is CCCCCCCCCCCCCCCCC/C=C/C(O)C(CO)NC(=O)CCCCCCCCCCCCCCCCCCCCCCCCCCCCCCCCCCCOC(=O)CCCCCCCCCCCCCCCCCC. The molecule has 0 aliphatic rings. The molecule has 0 heterocycles. The van der Waals surface area contributed by atoms with Crippen molar-refractivity contribution in [3.63, 3.8) is 0 Å². The zero-order valence-electron chi connectivity index (χ0n) is 56.7. The van der Waals surface area contributed by atoms with E-state index >= 15 is 0 Å². The minimum Gasteiger partial charge on any atom is -0.466 e. The standard InChI is InChI=1S/C77H151NO5/c1-3-5-7-9-11-13-15-17-19-38-41-45-49-53-57-61-65-69-75(80)74(73-79)78-76(81)70-66-62-58-54-50-46-42-39-36-34-32-30-28-26-24-22-21-23-25-27-29-31-33-35-37-40-44-48-52-56-60-64-68-72-83-77(82)71-67-63-59-55-51-47-43-20-18-16-14-12-10-8-6-4-2/h65,69,74-75,79-80H,3-64,66-68,70-73H2,1-2H3,(H,78,81)/b69-65+. The number of hydrogen-bond acceptors (Lipinski definition) is 5. The molecule has 0 spiro atoms. The van der Waals surface area contributed by atoms with Crippen LogP contribution in [0.3, 0.4) is 0 Å². The Hall–Kier alpha value is -1.40. The molecular formula is C77H151NO5. The van der Waals surface area contributed by atoms with Gasteiger partial charge in [0, 0.05) is 12.8 Å². The van der Waals surface area contributed by atoms with E-state index in [0.29, 0.717) is 19.4 Å². The summed E-state index contributed by atoms with van der Waals surface area (Å²) >= 11 is 0. The molecule has 0 saturated carbocycles. The number of amides is 1. The van der Waals surface area contributed by atoms with Crippen LogP contribution in [0, 0.1) is 0 Å². The van der Waals surface area contributed by atoms with Gasteiger partial charge in [0.15, 0.2) is 0 Å². The largest absolute Gasteiger partial charge is 0.466 e. The highest BCUT2D eigenvalue weighted by Gasteiger charge is 2.18. The Bertz CT molecular complexity index is 1260. The maximum atomic E-state index is 12.5. The van der Waals surface area contributed by atoms with Gasteiger partial charge in [-0.05, 0) is 32.1 Å². The zero-order valence-corrected chi connectivity index (χ0v) is 56.7. The number of esters is 1. The highest BCUT2D eigenvalue weighted by molar-refractivity contribution is 5.76. The van der Waals surface area contributed by atoms with Crippen molar-refractivity contribution in [1.29, 1.82) is 0 Å². The van der Waals surface area contributed by atoms with Crippen molar-refractivity contribution in [2.75, 3.05) is 13.2 Å². The fourth-order valence-electron chi connectivity index (χ4n) is 12.5. The third-order valence-electron chi connectivity index (χ3n) is 18.3. The topological polar surface area (TPSA) is 95.9 Å². The lowest BCUT2D eigenvalue weighted by Gasteiger charge is -2.20. The van der Waals surface area contributed by atoms with Gasteiger partial charge in [-0.3, -0.25) is 9.59 Å². The Labute approximate surface area is 520 Å². The number of carbonyl (C=O) groups is 2. The van der Waals surface area contributed by atoms with Crippen molar-refractivity contribution < 1.29 is 24.5 Å². The lowest BCUT2D eigenvalue weighted by Crippen LogP contribution is -2.45. The molecule has 0 radical (unpaired) electrons. The number of rotatable bonds is 73. The highest BCUT2D eigenvalue weighted by Crippen LogP contribution is 2.20. The Balaban J connectivity index is 3.32. The molecule has 2 atom stereocenters. The van der Waals surface area contributed by atoms with Crippen LogP contribution < -0.4 is 5.32 Å². The molecule has 1 amide bonds. The molecule has 0 aliphatic carbocycles. The van der Waals surface area contributed by atoms with E-state index in [9.17, 15) is 19.8 Å². The predicted octanol–water partition coefficient (Wildman–Crippen LogP) is 25.1. The third-order valence-corrected chi connectivity index (χ3v) is 18.3. The van der Waals surface area contributed by atoms with Crippen LogP contribution in [-0.4, -0.2) is 47.4 Å². The maximum absolute atomic E-state index is 12.5. The highest BCUT2D eigenvalue weighted by atomic mass is 16.5. The second kappa shape index (κ2) is 73.1. The van der Waals surface area contributed by atoms with Crippen LogP contribution in [0.2, 0.25) is 0 Å². The van der Waals surface area contributed by atoms with Gasteiger partial charge in [0.05, 0.1) is 25.4 Å². The van der Waals surface area contributed by atoms with E-state index in [-0.39, 0.29) is 18.5 Å². The van der Waals surface area contributed by atoms with Crippen LogP contribution in [0.15, 0.2) is 12.2 Å². The summed E-state index contributed by atoms with van der Waals surface area (Å²) in [6.45, 7) is 4.96. The minimum absolute atomic E-state index is 0.0260. The average Bonchev–Trinajstić information content (AvgIpc) is 3.49. The molecule has 0 saturated heterocycles. The van der Waals surface area contributed by atoms with Crippen LogP contribution in [0.1, 0.15) is 444 Å². The molecule has 0 aromatic carbocycles. The maximum Gasteiger partial charge on any atom is 0.305 e. The van der Waals surface area contributed by atoms with Crippen molar-refractivity contribution in [1.82, 2.24) is 5.32 Å². The summed E-state index contributed by atoms with van der Waals surface area (Å²) in [5.74, 6) is -0.0331. The van der Waals surface area contributed by atoms with Gasteiger partial charge in [-0.15, -0.1) is 0 Å². The Morgan fingerprint density at radius 1 is 0.325 bits per heavy atom. The number of aliphatic hydroxyl groups is 2. The first-order valence-corrected chi connectivity index (χ1v) is 38.5. The van der Waals surface area contributed by atoms with Gasteiger partial charge in [-0.25, -0.2) is 0 Å². The molecule has 0 aliphatic heterocycles. The van der Waals surface area contributed by atoms with Crippen LogP contribution >= 0.6 is 0 Å². The van der Waals surface area contributed by atoms with Crippen molar-refractivity contribution in [3.8, 4) is 0 Å². The summed E-state index contributed by atoms with van der Waals surface area (Å²) in [6, 6.07) is -0.624. The first-order valence-electron chi connectivity index (χ1n) is 38.5. The van der Waals surface area contributed by atoms with Crippen LogP contribution in [-0.2, 0) is 14.3 Å². The zero-order chi connectivity index (χ0) is 59.9. The monoisotopic (exact) mass is 1170 g/mol. The number of nitrogens with one attached hydrogen (secondary N) is 1. The summed E-state index contributed by atoms with van der Waals surface area (Å²) < 4.78 is 5.51. The van der Waals surface area contributed by atoms with E-state index in [1.165, 1.54) is 379 Å². The molecular weight excluding hydrogens is 1020 g/mol. The number of ether oxygens (including phenoxy) is 1. The van der Waals surface area contributed by atoms with Crippen LogP contribution in [0.4, 0.5) is 0 Å². The molecule has 0 rings (SSSR count). The molecule has 2 unspecified atom stereocenters. The summed E-state index contributed by atoms with van der Waals surface area (Å²) in [5.41, 5.74) is 0. The quantitative estimate of drug-likeness (QED) is 0.0320. The van der Waals surface area contributed by atoms with E-state index in [4.69, 9.17) is 4.74 Å². The lowest BCUT2D eigenvalue weighted by molar-refractivity contribution is -0.143. The average molecular weight is 1170 g/mol. The Morgan fingerprint density at radius 3 is 0.819 bits per heavy atom. The number of allylic oxidation sites excluding steroid dienone is 1. The van der Waals surface area contributed by atoms with Gasteiger partial charge >= 0.3 is 5.97 Å². The normalized spacial score (nSPS) is 12.5. The fourth-order valence-corrected chi connectivity index (χ4v) is 12.5. The Kier molecular flexibility index (Phi) is 71.8. The van der Waals surface area contributed by atoms with Crippen molar-refractivity contribution in [2.24, 2.45) is 0 Å². The Morgan fingerprint density at radius 2 is 0.554 bits per heavy atom. The molecule has 0 bridgehead atoms. The van der Waals surface area contributed by atoms with Gasteiger partial charge in [-0.2, -0.15) is 0 Å². The summed E-state index contributed by atoms with van der Waals surface area (Å²) in [4.78, 5) is 24.6. The summed E-state index contributed by atoms with van der Waals surface area (Å²) in [6.07, 6.45) is 91.9. The molecule has 0 fully saturated rings. The lowest BCUT2D eigenvalue weighted by atomic mass is 10.0. The second-order valence-electron chi connectivity index (χ2n) is 26.7. The number of aliphatic hydroxyl groups excluding tert-OH is 2. The molecule has 3 N–H and O–H groups in total. The van der Waals surface area contributed by atoms with Crippen molar-refractivity contribution in [2.45, 2.75) is 456 Å². The minimum atomic E-state index is -0.841. The first-order chi connectivity index (χ1) is 41.0. The van der Waals surface area contributed by atoms with E-state index in [1.54, 1.807) is 6.08 Å². The molecule has 0 aromatic heterocycles. The second-order valence-corrected chi connectivity index (χ2v) is 26.7. The summed E-state index contributed by atoms with van der Waals surface area (Å²) in [7, 11) is 0. The van der Waals surface area contributed by atoms with Crippen LogP contribution in [0.5, 0.6) is 0 Å². The smallest absolute Gasteiger partial charge is 0.305 e. The van der Waals surface area contributed by atoms with E-state index in [1.807, 2.05) is 6.08 Å². The number of unbranched alkanes of at least 4 members (excludes halogenated alkanes) is 62. The van der Waals surface area contributed by atoms with Gasteiger partial charge in [0.2, 0.25) is 5.91 Å². The third kappa shape index (κ3) is 69.6. The van der Waals surface area contributed by atoms with Crippen molar-refractivity contribution in [3.05, 3.63) is 12.2 Å². The molecule has 494 valence electrons.